The Balaban J connectivity index is 1.12. The molecular weight excluding hydrogens is 447 g/mol. The van der Waals surface area contributed by atoms with Gasteiger partial charge in [-0.2, -0.15) is 0 Å². The van der Waals surface area contributed by atoms with Crippen LogP contribution >= 0.6 is 11.8 Å². The van der Waals surface area contributed by atoms with Crippen molar-refractivity contribution >= 4 is 17.7 Å². The number of para-hydroxylation sites is 1. The molecule has 1 saturated heterocycles. The van der Waals surface area contributed by atoms with E-state index in [0.717, 1.165) is 25.4 Å². The van der Waals surface area contributed by atoms with Crippen LogP contribution in [0.15, 0.2) is 64.2 Å². The Morgan fingerprint density at radius 3 is 2.45 bits per heavy atom. The topological polar surface area (TPSA) is 80.9 Å². The van der Waals surface area contributed by atoms with E-state index in [9.17, 15) is 9.18 Å². The zero-order valence-electron chi connectivity index (χ0n) is 18.1. The number of hydrogen-bond donors (Lipinski definition) is 0. The van der Waals surface area contributed by atoms with Crippen LogP contribution in [0.4, 0.5) is 4.39 Å². The van der Waals surface area contributed by atoms with Crippen LogP contribution in [0.25, 0.3) is 0 Å². The van der Waals surface area contributed by atoms with E-state index in [2.05, 4.69) is 15.1 Å². The first-order chi connectivity index (χ1) is 16.2. The van der Waals surface area contributed by atoms with Crippen molar-refractivity contribution in [2.75, 3.05) is 45.1 Å². The highest BCUT2D eigenvalue weighted by Crippen LogP contribution is 2.19. The Hall–Kier alpha value is -3.11. The molecule has 0 aliphatic carbocycles. The molecule has 1 aromatic heterocycles. The van der Waals surface area contributed by atoms with Gasteiger partial charge in [-0.3, -0.25) is 9.69 Å². The summed E-state index contributed by atoms with van der Waals surface area (Å²) < 4.78 is 29.7. The quantitative estimate of drug-likeness (QED) is 0.417. The van der Waals surface area contributed by atoms with Crippen molar-refractivity contribution < 1.29 is 23.1 Å². The van der Waals surface area contributed by atoms with Gasteiger partial charge in [-0.25, -0.2) is 4.39 Å². The number of rotatable bonds is 10. The third kappa shape index (κ3) is 7.19. The largest absolute Gasteiger partial charge is 0.492 e. The van der Waals surface area contributed by atoms with Crippen LogP contribution in [-0.2, 0) is 11.4 Å². The predicted octanol–water partition coefficient (Wildman–Crippen LogP) is 3.10. The lowest BCUT2D eigenvalue weighted by molar-refractivity contribution is -0.130. The van der Waals surface area contributed by atoms with Gasteiger partial charge >= 0.3 is 0 Å². The Kier molecular flexibility index (Phi) is 8.15. The van der Waals surface area contributed by atoms with E-state index in [1.165, 1.54) is 36.0 Å². The SMILES string of the molecule is O=C(CSc1nnc(COc2ccc(F)cc2)o1)N1CCN(CCOc2ccccc2)CC1. The molecule has 174 valence electrons. The molecule has 1 fully saturated rings. The highest BCUT2D eigenvalue weighted by atomic mass is 32.2. The molecule has 2 heterocycles. The third-order valence-corrected chi connectivity index (χ3v) is 5.89. The van der Waals surface area contributed by atoms with Crippen molar-refractivity contribution in [3.8, 4) is 11.5 Å². The van der Waals surface area contributed by atoms with Gasteiger partial charge in [0.15, 0.2) is 6.61 Å². The van der Waals surface area contributed by atoms with Gasteiger partial charge < -0.3 is 18.8 Å². The van der Waals surface area contributed by atoms with Crippen LogP contribution in [0.5, 0.6) is 11.5 Å². The monoisotopic (exact) mass is 472 g/mol. The molecule has 0 saturated carbocycles. The van der Waals surface area contributed by atoms with Gasteiger partial charge in [-0.1, -0.05) is 30.0 Å². The molecule has 3 aromatic rings. The second-order valence-corrected chi connectivity index (χ2v) is 8.30. The Bertz CT molecular complexity index is 1010. The number of benzene rings is 2. The molecule has 1 aliphatic rings. The number of carbonyl (C=O) groups excluding carboxylic acids is 1. The summed E-state index contributed by atoms with van der Waals surface area (Å²) in [5.41, 5.74) is 0. The molecule has 0 bridgehead atoms. The molecule has 10 heteroatoms. The average molecular weight is 473 g/mol. The second-order valence-electron chi connectivity index (χ2n) is 7.38. The average Bonchev–Trinajstić information content (AvgIpc) is 3.31. The molecule has 4 rings (SSSR count). The smallest absolute Gasteiger partial charge is 0.277 e. The first-order valence-electron chi connectivity index (χ1n) is 10.7. The summed E-state index contributed by atoms with van der Waals surface area (Å²) in [5, 5.41) is 8.18. The van der Waals surface area contributed by atoms with Crippen LogP contribution in [0.2, 0.25) is 0 Å². The van der Waals surface area contributed by atoms with Crippen molar-refractivity contribution in [1.29, 1.82) is 0 Å². The van der Waals surface area contributed by atoms with Crippen molar-refractivity contribution in [3.05, 3.63) is 66.3 Å². The van der Waals surface area contributed by atoms with Crippen LogP contribution in [0, 0.1) is 5.82 Å². The van der Waals surface area contributed by atoms with Gasteiger partial charge in [0.2, 0.25) is 5.91 Å². The van der Waals surface area contributed by atoms with Crippen LogP contribution < -0.4 is 9.47 Å². The maximum Gasteiger partial charge on any atom is 0.277 e. The fourth-order valence-electron chi connectivity index (χ4n) is 3.28. The van der Waals surface area contributed by atoms with E-state index in [4.69, 9.17) is 13.9 Å². The van der Waals surface area contributed by atoms with E-state index < -0.39 is 0 Å². The van der Waals surface area contributed by atoms with Gasteiger partial charge in [0, 0.05) is 32.7 Å². The number of aromatic nitrogens is 2. The molecule has 33 heavy (non-hydrogen) atoms. The van der Waals surface area contributed by atoms with Crippen molar-refractivity contribution in [3.63, 3.8) is 0 Å². The maximum absolute atomic E-state index is 12.9. The molecule has 0 unspecified atom stereocenters. The minimum Gasteiger partial charge on any atom is -0.492 e. The van der Waals surface area contributed by atoms with E-state index in [1.54, 1.807) is 0 Å². The molecular formula is C23H25FN4O4S. The summed E-state index contributed by atoms with van der Waals surface area (Å²) in [4.78, 5) is 16.7. The molecule has 2 aromatic carbocycles. The normalized spacial score (nSPS) is 14.3. The summed E-state index contributed by atoms with van der Waals surface area (Å²) in [6.45, 7) is 4.54. The van der Waals surface area contributed by atoms with Crippen molar-refractivity contribution in [2.24, 2.45) is 0 Å². The minimum atomic E-state index is -0.331. The van der Waals surface area contributed by atoms with E-state index >= 15 is 0 Å². The van der Waals surface area contributed by atoms with Gasteiger partial charge in [0.25, 0.3) is 11.1 Å². The van der Waals surface area contributed by atoms with E-state index in [1.807, 2.05) is 35.2 Å². The number of thioether (sulfide) groups is 1. The summed E-state index contributed by atoms with van der Waals surface area (Å²) in [5.74, 6) is 1.61. The summed E-state index contributed by atoms with van der Waals surface area (Å²) in [6.07, 6.45) is 0. The first-order valence-corrected chi connectivity index (χ1v) is 11.7. The predicted molar refractivity (Wildman–Crippen MR) is 121 cm³/mol. The highest BCUT2D eigenvalue weighted by molar-refractivity contribution is 7.99. The fraction of sp³-hybridized carbons (Fsp3) is 0.348. The van der Waals surface area contributed by atoms with Gasteiger partial charge in [0.1, 0.15) is 23.9 Å². The summed E-state index contributed by atoms with van der Waals surface area (Å²) in [6, 6.07) is 15.4. The maximum atomic E-state index is 12.9. The van der Waals surface area contributed by atoms with Gasteiger partial charge in [0.05, 0.1) is 5.75 Å². The van der Waals surface area contributed by atoms with Gasteiger partial charge in [-0.15, -0.1) is 10.2 Å². The standard InChI is InChI=1S/C23H25FN4O4S/c24-18-6-8-20(9-7-18)31-16-21-25-26-23(32-21)33-17-22(29)28-12-10-27(11-13-28)14-15-30-19-4-2-1-3-5-19/h1-9H,10-17H2. The molecule has 8 nitrogen and oxygen atoms in total. The first kappa shape index (κ1) is 23.1. The number of hydrogen-bond acceptors (Lipinski definition) is 8. The van der Waals surface area contributed by atoms with Crippen LogP contribution in [0.1, 0.15) is 5.89 Å². The van der Waals surface area contributed by atoms with E-state index in [0.29, 0.717) is 36.6 Å². The third-order valence-electron chi connectivity index (χ3n) is 5.09. The lowest BCUT2D eigenvalue weighted by Gasteiger charge is -2.34. The number of amides is 1. The Labute approximate surface area is 195 Å². The Morgan fingerprint density at radius 1 is 0.970 bits per heavy atom. The summed E-state index contributed by atoms with van der Waals surface area (Å²) in [7, 11) is 0. The van der Waals surface area contributed by atoms with Crippen LogP contribution in [0.3, 0.4) is 0 Å². The number of piperazine rings is 1. The van der Waals surface area contributed by atoms with Crippen LogP contribution in [-0.4, -0.2) is 71.0 Å². The highest BCUT2D eigenvalue weighted by Gasteiger charge is 2.21. The summed E-state index contributed by atoms with van der Waals surface area (Å²) >= 11 is 1.21. The zero-order valence-corrected chi connectivity index (χ0v) is 18.9. The van der Waals surface area contributed by atoms with Gasteiger partial charge in [-0.05, 0) is 36.4 Å². The Morgan fingerprint density at radius 2 is 1.70 bits per heavy atom. The molecule has 0 spiro atoms. The molecule has 0 radical (unpaired) electrons. The minimum absolute atomic E-state index is 0.0440. The lowest BCUT2D eigenvalue weighted by Crippen LogP contribution is -2.50. The van der Waals surface area contributed by atoms with E-state index in [-0.39, 0.29) is 24.1 Å². The molecule has 1 amide bonds. The fourth-order valence-corrected chi connectivity index (χ4v) is 3.96. The molecule has 1 aliphatic heterocycles. The van der Waals surface area contributed by atoms with Crippen molar-refractivity contribution in [2.45, 2.75) is 11.8 Å². The zero-order chi connectivity index (χ0) is 22.9. The number of nitrogens with zero attached hydrogens (tertiary/aromatic N) is 4. The number of halogens is 1. The van der Waals surface area contributed by atoms with Crippen molar-refractivity contribution in [1.82, 2.24) is 20.0 Å². The second kappa shape index (κ2) is 11.7. The number of carbonyl (C=O) groups is 1. The lowest BCUT2D eigenvalue weighted by atomic mass is 10.3. The molecule has 0 atom stereocenters. The molecule has 0 N–H and O–H groups in total. The number of ether oxygens (including phenoxy) is 2.